The van der Waals surface area contributed by atoms with Crippen molar-refractivity contribution < 1.29 is 14.3 Å². The summed E-state index contributed by atoms with van der Waals surface area (Å²) in [7, 11) is 1.58. The van der Waals surface area contributed by atoms with E-state index >= 15 is 0 Å². The number of carbonyl (C=O) groups excluding carboxylic acids is 1. The lowest BCUT2D eigenvalue weighted by Crippen LogP contribution is -2.07. The first kappa shape index (κ1) is 14.8. The molecule has 0 bridgehead atoms. The Morgan fingerprint density at radius 3 is 2.81 bits per heavy atom. The number of esters is 1. The van der Waals surface area contributed by atoms with Crippen LogP contribution >= 0.6 is 0 Å². The number of rotatable bonds is 6. The number of ether oxygens (including phenoxy) is 2. The van der Waals surface area contributed by atoms with Crippen molar-refractivity contribution in [2.75, 3.05) is 19.0 Å². The lowest BCUT2D eigenvalue weighted by atomic mass is 10.2. The van der Waals surface area contributed by atoms with Crippen LogP contribution in [-0.2, 0) is 11.3 Å². The van der Waals surface area contributed by atoms with Gasteiger partial charge in [0.25, 0.3) is 0 Å². The molecule has 2 rings (SSSR count). The van der Waals surface area contributed by atoms with Gasteiger partial charge in [0.15, 0.2) is 0 Å². The summed E-state index contributed by atoms with van der Waals surface area (Å²) in [5, 5.41) is 3.15. The zero-order chi connectivity index (χ0) is 15.1. The Labute approximate surface area is 123 Å². The van der Waals surface area contributed by atoms with E-state index in [2.05, 4.69) is 15.3 Å². The highest BCUT2D eigenvalue weighted by atomic mass is 16.5. The van der Waals surface area contributed by atoms with Crippen molar-refractivity contribution in [3.63, 3.8) is 0 Å². The van der Waals surface area contributed by atoms with E-state index < -0.39 is 0 Å². The second-order valence-corrected chi connectivity index (χ2v) is 4.18. The highest BCUT2D eigenvalue weighted by Crippen LogP contribution is 2.15. The molecule has 0 saturated heterocycles. The minimum Gasteiger partial charge on any atom is -0.481 e. The van der Waals surface area contributed by atoms with E-state index in [9.17, 15) is 4.79 Å². The maximum absolute atomic E-state index is 11.5. The molecule has 0 aromatic carbocycles. The number of nitrogens with zero attached hydrogens (tertiary/aromatic N) is 2. The monoisotopic (exact) mass is 287 g/mol. The molecule has 2 aromatic rings. The van der Waals surface area contributed by atoms with Crippen molar-refractivity contribution >= 4 is 11.8 Å². The maximum Gasteiger partial charge on any atom is 0.339 e. The fourth-order valence-corrected chi connectivity index (χ4v) is 1.76. The van der Waals surface area contributed by atoms with Crippen LogP contribution in [-0.4, -0.2) is 29.7 Å². The SMILES string of the molecule is CCOC(=O)c1ccc(NCc2cccnc2OC)nc1. The third-order valence-electron chi connectivity index (χ3n) is 2.78. The first-order valence-corrected chi connectivity index (χ1v) is 6.59. The van der Waals surface area contributed by atoms with Crippen LogP contribution < -0.4 is 10.1 Å². The van der Waals surface area contributed by atoms with Crippen LogP contribution in [0.5, 0.6) is 5.88 Å². The highest BCUT2D eigenvalue weighted by molar-refractivity contribution is 5.89. The summed E-state index contributed by atoms with van der Waals surface area (Å²) >= 11 is 0. The first-order valence-electron chi connectivity index (χ1n) is 6.59. The van der Waals surface area contributed by atoms with Gasteiger partial charge in [-0.1, -0.05) is 6.07 Å². The molecule has 6 heteroatoms. The molecule has 0 unspecified atom stereocenters. The van der Waals surface area contributed by atoms with Gasteiger partial charge in [0.05, 0.1) is 19.3 Å². The van der Waals surface area contributed by atoms with E-state index in [1.165, 1.54) is 6.20 Å². The van der Waals surface area contributed by atoms with E-state index in [0.717, 1.165) is 5.56 Å². The maximum atomic E-state index is 11.5. The van der Waals surface area contributed by atoms with Gasteiger partial charge in [0.2, 0.25) is 5.88 Å². The molecule has 0 aliphatic carbocycles. The Balaban J connectivity index is 1.99. The third-order valence-corrected chi connectivity index (χ3v) is 2.78. The van der Waals surface area contributed by atoms with Crippen molar-refractivity contribution in [3.8, 4) is 5.88 Å². The van der Waals surface area contributed by atoms with E-state index in [-0.39, 0.29) is 5.97 Å². The number of pyridine rings is 2. The van der Waals surface area contributed by atoms with Crippen molar-refractivity contribution in [1.82, 2.24) is 9.97 Å². The van der Waals surface area contributed by atoms with Gasteiger partial charge in [0, 0.05) is 24.5 Å². The van der Waals surface area contributed by atoms with Crippen molar-refractivity contribution in [1.29, 1.82) is 0 Å². The smallest absolute Gasteiger partial charge is 0.339 e. The van der Waals surface area contributed by atoms with Gasteiger partial charge in [-0.25, -0.2) is 14.8 Å². The Bertz CT molecular complexity index is 599. The lowest BCUT2D eigenvalue weighted by molar-refractivity contribution is 0.0526. The van der Waals surface area contributed by atoms with E-state index in [1.54, 1.807) is 32.4 Å². The summed E-state index contributed by atoms with van der Waals surface area (Å²) in [4.78, 5) is 19.8. The minimum absolute atomic E-state index is 0.347. The Kier molecular flexibility index (Phi) is 5.09. The summed E-state index contributed by atoms with van der Waals surface area (Å²) in [6, 6.07) is 7.17. The predicted octanol–water partition coefficient (Wildman–Crippen LogP) is 2.27. The molecule has 0 radical (unpaired) electrons. The number of hydrogen-bond acceptors (Lipinski definition) is 6. The van der Waals surface area contributed by atoms with Gasteiger partial charge in [-0.15, -0.1) is 0 Å². The molecule has 6 nitrogen and oxygen atoms in total. The van der Waals surface area contributed by atoms with E-state index in [1.807, 2.05) is 12.1 Å². The Morgan fingerprint density at radius 1 is 1.29 bits per heavy atom. The Hall–Kier alpha value is -2.63. The van der Waals surface area contributed by atoms with Crippen LogP contribution in [0.2, 0.25) is 0 Å². The molecule has 2 heterocycles. The van der Waals surface area contributed by atoms with Gasteiger partial charge in [-0.3, -0.25) is 0 Å². The van der Waals surface area contributed by atoms with Crippen LogP contribution in [0, 0.1) is 0 Å². The second kappa shape index (κ2) is 7.23. The lowest BCUT2D eigenvalue weighted by Gasteiger charge is -2.09. The largest absolute Gasteiger partial charge is 0.481 e. The molecule has 0 amide bonds. The fourth-order valence-electron chi connectivity index (χ4n) is 1.76. The topological polar surface area (TPSA) is 73.3 Å². The summed E-state index contributed by atoms with van der Waals surface area (Å²) in [5.41, 5.74) is 1.36. The quantitative estimate of drug-likeness (QED) is 0.822. The van der Waals surface area contributed by atoms with E-state index in [0.29, 0.717) is 30.4 Å². The van der Waals surface area contributed by atoms with Crippen LogP contribution in [0.3, 0.4) is 0 Å². The zero-order valence-corrected chi connectivity index (χ0v) is 12.0. The van der Waals surface area contributed by atoms with Gasteiger partial charge >= 0.3 is 5.97 Å². The number of anilines is 1. The number of hydrogen-bond donors (Lipinski definition) is 1. The van der Waals surface area contributed by atoms with Gasteiger partial charge < -0.3 is 14.8 Å². The zero-order valence-electron chi connectivity index (χ0n) is 12.0. The minimum atomic E-state index is -0.370. The van der Waals surface area contributed by atoms with Crippen molar-refractivity contribution in [2.45, 2.75) is 13.5 Å². The second-order valence-electron chi connectivity index (χ2n) is 4.18. The van der Waals surface area contributed by atoms with Crippen molar-refractivity contribution in [3.05, 3.63) is 47.8 Å². The molecule has 0 fully saturated rings. The number of methoxy groups -OCH3 is 1. The molecule has 2 aromatic heterocycles. The Morgan fingerprint density at radius 2 is 2.14 bits per heavy atom. The normalized spacial score (nSPS) is 10.0. The molecular weight excluding hydrogens is 270 g/mol. The molecule has 21 heavy (non-hydrogen) atoms. The highest BCUT2D eigenvalue weighted by Gasteiger charge is 2.07. The van der Waals surface area contributed by atoms with Gasteiger partial charge in [-0.05, 0) is 25.1 Å². The molecule has 0 atom stereocenters. The van der Waals surface area contributed by atoms with Crippen LogP contribution in [0.4, 0.5) is 5.82 Å². The molecule has 0 aliphatic heterocycles. The molecule has 110 valence electrons. The first-order chi connectivity index (χ1) is 10.2. The molecule has 0 aliphatic rings. The summed E-state index contributed by atoms with van der Waals surface area (Å²) in [6.45, 7) is 2.64. The number of aromatic nitrogens is 2. The van der Waals surface area contributed by atoms with Gasteiger partial charge in [0.1, 0.15) is 5.82 Å². The standard InChI is InChI=1S/C15H17N3O3/c1-3-21-15(19)12-6-7-13(18-10-12)17-9-11-5-4-8-16-14(11)20-2/h4-8,10H,3,9H2,1-2H3,(H,17,18). The number of carbonyl (C=O) groups is 1. The third kappa shape index (κ3) is 3.92. The van der Waals surface area contributed by atoms with E-state index in [4.69, 9.17) is 9.47 Å². The van der Waals surface area contributed by atoms with Crippen LogP contribution in [0.25, 0.3) is 0 Å². The fraction of sp³-hybridized carbons (Fsp3) is 0.267. The predicted molar refractivity (Wildman–Crippen MR) is 78.3 cm³/mol. The summed E-state index contributed by atoms with van der Waals surface area (Å²) in [6.07, 6.45) is 3.16. The number of nitrogens with one attached hydrogen (secondary N) is 1. The molecular formula is C15H17N3O3. The molecule has 1 N–H and O–H groups in total. The van der Waals surface area contributed by atoms with Gasteiger partial charge in [-0.2, -0.15) is 0 Å². The summed E-state index contributed by atoms with van der Waals surface area (Å²) < 4.78 is 10.1. The molecule has 0 spiro atoms. The average molecular weight is 287 g/mol. The van der Waals surface area contributed by atoms with Crippen LogP contribution in [0.1, 0.15) is 22.8 Å². The summed E-state index contributed by atoms with van der Waals surface area (Å²) in [5.74, 6) is 0.868. The molecule has 0 saturated carbocycles. The average Bonchev–Trinajstić information content (AvgIpc) is 2.54. The van der Waals surface area contributed by atoms with Crippen LogP contribution in [0.15, 0.2) is 36.7 Å². The van der Waals surface area contributed by atoms with Crippen molar-refractivity contribution in [2.24, 2.45) is 0 Å².